The average molecular weight is 362 g/mol. The topological polar surface area (TPSA) is 66.3 Å². The van der Waals surface area contributed by atoms with E-state index in [0.29, 0.717) is 12.2 Å². The van der Waals surface area contributed by atoms with Crippen LogP contribution in [0.3, 0.4) is 0 Å². The summed E-state index contributed by atoms with van der Waals surface area (Å²) in [6.45, 7) is 0.629. The molecule has 0 radical (unpaired) electrons. The number of hydrogen-bond donors (Lipinski definition) is 1. The van der Waals surface area contributed by atoms with Gasteiger partial charge >= 0.3 is 0 Å². The fourth-order valence-electron chi connectivity index (χ4n) is 3.71. The molecule has 1 saturated heterocycles. The number of hydrogen-bond acceptors (Lipinski definition) is 3. The molecule has 4 rings (SSSR count). The van der Waals surface area contributed by atoms with Crippen LogP contribution in [0.15, 0.2) is 70.1 Å². The van der Waals surface area contributed by atoms with Crippen LogP contribution < -0.4 is 5.56 Å². The van der Waals surface area contributed by atoms with Gasteiger partial charge in [-0.3, -0.25) is 9.59 Å². The summed E-state index contributed by atoms with van der Waals surface area (Å²) in [6, 6.07) is 16.6. The molecule has 5 nitrogen and oxygen atoms in total. The number of pyridine rings is 1. The highest BCUT2D eigenvalue weighted by atomic mass is 16.3. The standard InChI is InChI=1S/C22H22N2O3/c25-21-17(12-13-18(23-21)16-8-3-1-4-9-16)22(26)24-14-6-2-5-10-19(24)20-11-7-15-27-20/h1,3-4,7-9,11-13,15,19H,2,5-6,10,14H2,(H,23,25)/t19-/m1/s1. The number of nitrogens with zero attached hydrogens (tertiary/aromatic N) is 1. The van der Waals surface area contributed by atoms with Gasteiger partial charge in [0.1, 0.15) is 11.3 Å². The summed E-state index contributed by atoms with van der Waals surface area (Å²) < 4.78 is 5.57. The molecule has 2 aromatic heterocycles. The Morgan fingerprint density at radius 3 is 2.59 bits per heavy atom. The van der Waals surface area contributed by atoms with E-state index in [1.54, 1.807) is 23.3 Å². The minimum absolute atomic E-state index is 0.122. The third-order valence-corrected chi connectivity index (χ3v) is 5.11. The van der Waals surface area contributed by atoms with Gasteiger partial charge in [-0.1, -0.05) is 43.2 Å². The van der Waals surface area contributed by atoms with Crippen LogP contribution >= 0.6 is 0 Å². The predicted octanol–water partition coefficient (Wildman–Crippen LogP) is 4.39. The van der Waals surface area contributed by atoms with Crippen LogP contribution in [-0.4, -0.2) is 22.3 Å². The Bertz CT molecular complexity index is 961. The molecule has 0 saturated carbocycles. The Morgan fingerprint density at radius 1 is 1.00 bits per heavy atom. The number of benzene rings is 1. The minimum Gasteiger partial charge on any atom is -0.467 e. The Balaban J connectivity index is 1.65. The van der Waals surface area contributed by atoms with Gasteiger partial charge in [-0.2, -0.15) is 0 Å². The smallest absolute Gasteiger partial charge is 0.261 e. The van der Waals surface area contributed by atoms with E-state index in [9.17, 15) is 9.59 Å². The Hall–Kier alpha value is -3.08. The van der Waals surface area contributed by atoms with Crippen molar-refractivity contribution in [3.05, 3.63) is 82.5 Å². The maximum atomic E-state index is 13.2. The van der Waals surface area contributed by atoms with E-state index in [0.717, 1.165) is 37.0 Å². The molecular weight excluding hydrogens is 340 g/mol. The Labute approximate surface area is 157 Å². The van der Waals surface area contributed by atoms with Gasteiger partial charge in [-0.25, -0.2) is 0 Å². The lowest BCUT2D eigenvalue weighted by Gasteiger charge is -2.28. The predicted molar refractivity (Wildman–Crippen MR) is 103 cm³/mol. The molecule has 1 atom stereocenters. The van der Waals surface area contributed by atoms with E-state index in [4.69, 9.17) is 4.42 Å². The number of rotatable bonds is 3. The van der Waals surface area contributed by atoms with Crippen molar-refractivity contribution in [2.75, 3.05) is 6.54 Å². The lowest BCUT2D eigenvalue weighted by Crippen LogP contribution is -2.37. The first-order valence-corrected chi connectivity index (χ1v) is 9.37. The first-order valence-electron chi connectivity index (χ1n) is 9.37. The third kappa shape index (κ3) is 3.58. The number of carbonyl (C=O) groups excluding carboxylic acids is 1. The number of furan rings is 1. The van der Waals surface area contributed by atoms with Crippen LogP contribution in [0, 0.1) is 0 Å². The highest BCUT2D eigenvalue weighted by Crippen LogP contribution is 2.31. The van der Waals surface area contributed by atoms with Crippen LogP contribution in [0.25, 0.3) is 11.3 Å². The maximum Gasteiger partial charge on any atom is 0.261 e. The number of aromatic nitrogens is 1. The summed E-state index contributed by atoms with van der Waals surface area (Å²) in [7, 11) is 0. The summed E-state index contributed by atoms with van der Waals surface area (Å²) in [6.07, 6.45) is 5.52. The molecule has 0 aliphatic carbocycles. The number of H-pyrrole nitrogens is 1. The molecule has 0 bridgehead atoms. The highest BCUT2D eigenvalue weighted by molar-refractivity contribution is 5.94. The fraction of sp³-hybridized carbons (Fsp3) is 0.273. The molecule has 1 N–H and O–H groups in total. The Morgan fingerprint density at radius 2 is 1.85 bits per heavy atom. The van der Waals surface area contributed by atoms with Crippen molar-refractivity contribution in [3.8, 4) is 11.3 Å². The van der Waals surface area contributed by atoms with E-state index in [1.807, 2.05) is 42.5 Å². The van der Waals surface area contributed by atoms with E-state index in [-0.39, 0.29) is 23.1 Å². The molecule has 1 fully saturated rings. The second-order valence-corrected chi connectivity index (χ2v) is 6.86. The Kier molecular flexibility index (Phi) is 4.92. The third-order valence-electron chi connectivity index (χ3n) is 5.11. The molecule has 3 aromatic rings. The average Bonchev–Trinajstić information content (AvgIpc) is 3.12. The summed E-state index contributed by atoms with van der Waals surface area (Å²) in [4.78, 5) is 30.5. The van der Waals surface area contributed by atoms with Crippen molar-refractivity contribution in [2.24, 2.45) is 0 Å². The number of nitrogens with one attached hydrogen (secondary N) is 1. The molecule has 138 valence electrons. The van der Waals surface area contributed by atoms with Crippen molar-refractivity contribution < 1.29 is 9.21 Å². The van der Waals surface area contributed by atoms with Crippen LogP contribution in [0.5, 0.6) is 0 Å². The largest absolute Gasteiger partial charge is 0.467 e. The zero-order valence-corrected chi connectivity index (χ0v) is 15.1. The lowest BCUT2D eigenvalue weighted by atomic mass is 10.1. The van der Waals surface area contributed by atoms with Crippen LogP contribution in [-0.2, 0) is 0 Å². The van der Waals surface area contributed by atoms with Crippen LogP contribution in [0.2, 0.25) is 0 Å². The summed E-state index contributed by atoms with van der Waals surface area (Å²) >= 11 is 0. The molecule has 1 amide bonds. The van der Waals surface area contributed by atoms with E-state index < -0.39 is 0 Å². The van der Waals surface area contributed by atoms with Gasteiger partial charge in [0, 0.05) is 12.2 Å². The maximum absolute atomic E-state index is 13.2. The van der Waals surface area contributed by atoms with Gasteiger partial charge in [0.25, 0.3) is 11.5 Å². The molecule has 0 spiro atoms. The van der Waals surface area contributed by atoms with Crippen molar-refractivity contribution in [2.45, 2.75) is 31.7 Å². The molecule has 0 unspecified atom stereocenters. The molecule has 5 heteroatoms. The monoisotopic (exact) mass is 362 g/mol. The van der Waals surface area contributed by atoms with Gasteiger partial charge in [0.2, 0.25) is 0 Å². The van der Waals surface area contributed by atoms with E-state index >= 15 is 0 Å². The second kappa shape index (κ2) is 7.66. The molecule has 1 aromatic carbocycles. The van der Waals surface area contributed by atoms with Gasteiger partial charge in [-0.15, -0.1) is 0 Å². The fourth-order valence-corrected chi connectivity index (χ4v) is 3.71. The number of amides is 1. The molecular formula is C22H22N2O3. The van der Waals surface area contributed by atoms with Gasteiger partial charge in [0.05, 0.1) is 12.3 Å². The lowest BCUT2D eigenvalue weighted by molar-refractivity contribution is 0.0656. The molecule has 1 aliphatic rings. The SMILES string of the molecule is O=C(c1ccc(-c2ccccc2)[nH]c1=O)N1CCCCC[C@@H]1c1ccco1. The first kappa shape index (κ1) is 17.3. The molecule has 27 heavy (non-hydrogen) atoms. The first-order chi connectivity index (χ1) is 13.2. The second-order valence-electron chi connectivity index (χ2n) is 6.86. The minimum atomic E-state index is -0.358. The zero-order valence-electron chi connectivity index (χ0n) is 15.1. The van der Waals surface area contributed by atoms with Crippen molar-refractivity contribution in [3.63, 3.8) is 0 Å². The summed E-state index contributed by atoms with van der Waals surface area (Å²) in [5.41, 5.74) is 1.43. The van der Waals surface area contributed by atoms with Gasteiger partial charge in [-0.05, 0) is 42.7 Å². The number of likely N-dealkylation sites (tertiary alicyclic amines) is 1. The number of carbonyl (C=O) groups is 1. The van der Waals surface area contributed by atoms with Crippen molar-refractivity contribution in [1.82, 2.24) is 9.88 Å². The normalized spacial score (nSPS) is 17.5. The summed E-state index contributed by atoms with van der Waals surface area (Å²) in [5, 5.41) is 0. The summed E-state index contributed by atoms with van der Waals surface area (Å²) in [5.74, 6) is 0.543. The highest BCUT2D eigenvalue weighted by Gasteiger charge is 2.30. The molecule has 1 aliphatic heterocycles. The molecule has 3 heterocycles. The van der Waals surface area contributed by atoms with Crippen LogP contribution in [0.1, 0.15) is 47.8 Å². The van der Waals surface area contributed by atoms with Crippen molar-refractivity contribution in [1.29, 1.82) is 0 Å². The van der Waals surface area contributed by atoms with E-state index in [1.165, 1.54) is 0 Å². The van der Waals surface area contributed by atoms with Crippen LogP contribution in [0.4, 0.5) is 0 Å². The quantitative estimate of drug-likeness (QED) is 0.751. The van der Waals surface area contributed by atoms with Gasteiger partial charge in [0.15, 0.2) is 0 Å². The van der Waals surface area contributed by atoms with Crippen molar-refractivity contribution >= 4 is 5.91 Å². The zero-order chi connectivity index (χ0) is 18.6. The van der Waals surface area contributed by atoms with Gasteiger partial charge < -0.3 is 14.3 Å². The number of aromatic amines is 1. The van der Waals surface area contributed by atoms with E-state index in [2.05, 4.69) is 4.98 Å².